The van der Waals surface area contributed by atoms with Crippen LogP contribution in [0.5, 0.6) is 0 Å². The smallest absolute Gasteiger partial charge is 0.0314 e. The summed E-state index contributed by atoms with van der Waals surface area (Å²) in [6, 6.07) is 7.96. The van der Waals surface area contributed by atoms with Crippen molar-refractivity contribution < 1.29 is 0 Å². The third-order valence-corrected chi connectivity index (χ3v) is 1.57. The Labute approximate surface area is 67.5 Å². The van der Waals surface area contributed by atoms with Crippen molar-refractivity contribution in [2.75, 3.05) is 5.73 Å². The number of rotatable bonds is 2. The van der Waals surface area contributed by atoms with Crippen molar-refractivity contribution in [3.63, 3.8) is 0 Å². The lowest BCUT2D eigenvalue weighted by Crippen LogP contribution is -1.85. The molecule has 0 saturated carbocycles. The number of nitrogen functional groups attached to an aromatic ring is 1. The third kappa shape index (κ3) is 2.46. The first-order valence-electron chi connectivity index (χ1n) is 3.78. The summed E-state index contributed by atoms with van der Waals surface area (Å²) >= 11 is 0. The second kappa shape index (κ2) is 3.81. The van der Waals surface area contributed by atoms with Gasteiger partial charge in [-0.05, 0) is 31.0 Å². The number of allylic oxidation sites excluding steroid dienone is 2. The van der Waals surface area contributed by atoms with E-state index in [1.54, 1.807) is 0 Å². The second-order valence-corrected chi connectivity index (χ2v) is 2.51. The van der Waals surface area contributed by atoms with E-state index in [1.165, 1.54) is 5.56 Å². The number of benzene rings is 1. The quantitative estimate of drug-likeness (QED) is 0.504. The summed E-state index contributed by atoms with van der Waals surface area (Å²) in [5.41, 5.74) is 7.67. The summed E-state index contributed by atoms with van der Waals surface area (Å²) in [5, 5.41) is 0. The molecule has 58 valence electrons. The first-order chi connectivity index (χ1) is 5.33. The molecule has 11 heavy (non-hydrogen) atoms. The average Bonchev–Trinajstić information content (AvgIpc) is 2.04. The zero-order valence-electron chi connectivity index (χ0n) is 6.75. The van der Waals surface area contributed by atoms with Crippen molar-refractivity contribution in [3.05, 3.63) is 42.0 Å². The summed E-state index contributed by atoms with van der Waals surface area (Å²) in [5.74, 6) is 0. The lowest BCUT2D eigenvalue weighted by Gasteiger charge is -1.95. The molecular formula is C10H13N. The SMILES string of the molecule is CC=CCc1ccc(N)cc1. The fourth-order valence-electron chi connectivity index (χ4n) is 0.908. The van der Waals surface area contributed by atoms with Crippen LogP contribution in [0.4, 0.5) is 5.69 Å². The summed E-state index contributed by atoms with van der Waals surface area (Å²) in [7, 11) is 0. The summed E-state index contributed by atoms with van der Waals surface area (Å²) < 4.78 is 0. The van der Waals surface area contributed by atoms with Gasteiger partial charge in [0, 0.05) is 5.69 Å². The van der Waals surface area contributed by atoms with Crippen LogP contribution in [0.15, 0.2) is 36.4 Å². The van der Waals surface area contributed by atoms with Crippen molar-refractivity contribution >= 4 is 5.69 Å². The van der Waals surface area contributed by atoms with Gasteiger partial charge in [-0.15, -0.1) is 0 Å². The minimum absolute atomic E-state index is 0.828. The molecule has 0 aliphatic heterocycles. The van der Waals surface area contributed by atoms with E-state index >= 15 is 0 Å². The number of hydrogen-bond donors (Lipinski definition) is 1. The Kier molecular flexibility index (Phi) is 2.73. The van der Waals surface area contributed by atoms with E-state index in [9.17, 15) is 0 Å². The van der Waals surface area contributed by atoms with Gasteiger partial charge >= 0.3 is 0 Å². The molecule has 0 unspecified atom stereocenters. The first kappa shape index (κ1) is 7.86. The van der Waals surface area contributed by atoms with Gasteiger partial charge in [0.1, 0.15) is 0 Å². The van der Waals surface area contributed by atoms with Crippen LogP contribution in [0.3, 0.4) is 0 Å². The second-order valence-electron chi connectivity index (χ2n) is 2.51. The first-order valence-corrected chi connectivity index (χ1v) is 3.78. The fourth-order valence-corrected chi connectivity index (χ4v) is 0.908. The minimum Gasteiger partial charge on any atom is -0.399 e. The maximum Gasteiger partial charge on any atom is 0.0314 e. The van der Waals surface area contributed by atoms with Crippen molar-refractivity contribution in [1.29, 1.82) is 0 Å². The van der Waals surface area contributed by atoms with Crippen molar-refractivity contribution in [3.8, 4) is 0 Å². The molecule has 2 N–H and O–H groups in total. The fraction of sp³-hybridized carbons (Fsp3) is 0.200. The Morgan fingerprint density at radius 1 is 1.27 bits per heavy atom. The van der Waals surface area contributed by atoms with E-state index < -0.39 is 0 Å². The molecule has 0 radical (unpaired) electrons. The van der Waals surface area contributed by atoms with Crippen LogP contribution >= 0.6 is 0 Å². The monoisotopic (exact) mass is 147 g/mol. The highest BCUT2D eigenvalue weighted by molar-refractivity contribution is 5.39. The van der Waals surface area contributed by atoms with E-state index in [2.05, 4.69) is 24.3 Å². The largest absolute Gasteiger partial charge is 0.399 e. The van der Waals surface area contributed by atoms with E-state index in [4.69, 9.17) is 5.73 Å². The van der Waals surface area contributed by atoms with E-state index in [0.717, 1.165) is 12.1 Å². The van der Waals surface area contributed by atoms with Gasteiger partial charge < -0.3 is 5.73 Å². The number of nitrogens with two attached hydrogens (primary N) is 1. The molecule has 0 amide bonds. The summed E-state index contributed by atoms with van der Waals surface area (Å²) in [6.45, 7) is 2.03. The van der Waals surface area contributed by atoms with Crippen LogP contribution in [0.2, 0.25) is 0 Å². The number of hydrogen-bond acceptors (Lipinski definition) is 1. The minimum atomic E-state index is 0.828. The van der Waals surface area contributed by atoms with Gasteiger partial charge in [-0.2, -0.15) is 0 Å². The van der Waals surface area contributed by atoms with Gasteiger partial charge in [-0.25, -0.2) is 0 Å². The summed E-state index contributed by atoms with van der Waals surface area (Å²) in [4.78, 5) is 0. The molecule has 0 aliphatic carbocycles. The molecule has 1 heteroatoms. The normalized spacial score (nSPS) is 10.6. The lowest BCUT2D eigenvalue weighted by atomic mass is 10.1. The molecule has 0 spiro atoms. The zero-order valence-corrected chi connectivity index (χ0v) is 6.75. The molecule has 0 heterocycles. The highest BCUT2D eigenvalue weighted by Crippen LogP contribution is 2.05. The Morgan fingerprint density at radius 2 is 1.91 bits per heavy atom. The molecule has 0 aromatic heterocycles. The molecule has 0 atom stereocenters. The maximum absolute atomic E-state index is 5.54. The van der Waals surface area contributed by atoms with Gasteiger partial charge in [0.25, 0.3) is 0 Å². The van der Waals surface area contributed by atoms with Crippen LogP contribution in [-0.4, -0.2) is 0 Å². The molecule has 0 aliphatic rings. The van der Waals surface area contributed by atoms with Crippen LogP contribution in [0.25, 0.3) is 0 Å². The highest BCUT2D eigenvalue weighted by atomic mass is 14.5. The van der Waals surface area contributed by atoms with Crippen molar-refractivity contribution in [2.45, 2.75) is 13.3 Å². The third-order valence-electron chi connectivity index (χ3n) is 1.57. The molecule has 1 rings (SSSR count). The molecule has 1 nitrogen and oxygen atoms in total. The predicted octanol–water partition coefficient (Wildman–Crippen LogP) is 2.39. The maximum atomic E-state index is 5.54. The van der Waals surface area contributed by atoms with Crippen LogP contribution < -0.4 is 5.73 Å². The van der Waals surface area contributed by atoms with Gasteiger partial charge in [-0.3, -0.25) is 0 Å². The molecule has 0 bridgehead atoms. The van der Waals surface area contributed by atoms with Crippen molar-refractivity contribution in [1.82, 2.24) is 0 Å². The van der Waals surface area contributed by atoms with E-state index in [-0.39, 0.29) is 0 Å². The van der Waals surface area contributed by atoms with Crippen LogP contribution in [-0.2, 0) is 6.42 Å². The molecular weight excluding hydrogens is 134 g/mol. The Balaban J connectivity index is 2.66. The average molecular weight is 147 g/mol. The van der Waals surface area contributed by atoms with Crippen molar-refractivity contribution in [2.24, 2.45) is 0 Å². The molecule has 0 saturated heterocycles. The molecule has 0 fully saturated rings. The zero-order chi connectivity index (χ0) is 8.10. The van der Waals surface area contributed by atoms with Gasteiger partial charge in [0.2, 0.25) is 0 Å². The number of anilines is 1. The van der Waals surface area contributed by atoms with Gasteiger partial charge in [0.05, 0.1) is 0 Å². The molecule has 1 aromatic carbocycles. The Morgan fingerprint density at radius 3 is 2.45 bits per heavy atom. The standard InChI is InChI=1S/C10H13N/c1-2-3-4-9-5-7-10(11)8-6-9/h2-3,5-8H,4,11H2,1H3. The Hall–Kier alpha value is -1.24. The van der Waals surface area contributed by atoms with Gasteiger partial charge in [0.15, 0.2) is 0 Å². The predicted molar refractivity (Wildman–Crippen MR) is 49.4 cm³/mol. The van der Waals surface area contributed by atoms with Crippen LogP contribution in [0.1, 0.15) is 12.5 Å². The highest BCUT2D eigenvalue weighted by Gasteiger charge is 1.87. The molecule has 1 aromatic rings. The lowest BCUT2D eigenvalue weighted by molar-refractivity contribution is 1.26. The van der Waals surface area contributed by atoms with Gasteiger partial charge in [-0.1, -0.05) is 24.3 Å². The van der Waals surface area contributed by atoms with E-state index in [0.29, 0.717) is 0 Å². The van der Waals surface area contributed by atoms with Crippen LogP contribution in [0, 0.1) is 0 Å². The van der Waals surface area contributed by atoms with E-state index in [1.807, 2.05) is 19.1 Å². The summed E-state index contributed by atoms with van der Waals surface area (Å²) in [6.07, 6.45) is 5.18. The topological polar surface area (TPSA) is 26.0 Å². The Bertz CT molecular complexity index is 234.